The number of hydrogen-bond acceptors (Lipinski definition) is 2. The molecular formula is C10H19NO3. The van der Waals surface area contributed by atoms with E-state index in [9.17, 15) is 9.59 Å². The van der Waals surface area contributed by atoms with Gasteiger partial charge in [-0.25, -0.2) is 4.79 Å². The summed E-state index contributed by atoms with van der Waals surface area (Å²) in [6.45, 7) is 8.50. The Morgan fingerprint density at radius 3 is 1.86 bits per heavy atom. The molecule has 0 heterocycles. The van der Waals surface area contributed by atoms with Gasteiger partial charge in [-0.1, -0.05) is 27.7 Å². The second-order valence-corrected chi connectivity index (χ2v) is 4.69. The molecule has 0 aromatic heterocycles. The number of nitrogens with one attached hydrogen (secondary N) is 1. The van der Waals surface area contributed by atoms with Gasteiger partial charge in [0.15, 0.2) is 0 Å². The monoisotopic (exact) mass is 201 g/mol. The molecule has 0 aromatic carbocycles. The van der Waals surface area contributed by atoms with Crippen molar-refractivity contribution in [1.82, 2.24) is 5.32 Å². The van der Waals surface area contributed by atoms with Crippen LogP contribution in [0.15, 0.2) is 0 Å². The molecule has 0 radical (unpaired) electrons. The minimum absolute atomic E-state index is 0.246. The fourth-order valence-electron chi connectivity index (χ4n) is 0.731. The summed E-state index contributed by atoms with van der Waals surface area (Å²) in [5.41, 5.74) is -1.73. The van der Waals surface area contributed by atoms with Gasteiger partial charge in [0.05, 0.1) is 0 Å². The zero-order chi connectivity index (χ0) is 11.6. The van der Waals surface area contributed by atoms with E-state index in [2.05, 4.69) is 5.32 Å². The molecule has 2 N–H and O–H groups in total. The van der Waals surface area contributed by atoms with E-state index >= 15 is 0 Å². The Kier molecular flexibility index (Phi) is 3.68. The van der Waals surface area contributed by atoms with Crippen molar-refractivity contribution < 1.29 is 14.7 Å². The van der Waals surface area contributed by atoms with Crippen LogP contribution in [-0.2, 0) is 9.59 Å². The average molecular weight is 201 g/mol. The van der Waals surface area contributed by atoms with Crippen LogP contribution in [0.2, 0.25) is 0 Å². The summed E-state index contributed by atoms with van der Waals surface area (Å²) in [6.07, 6.45) is 0.365. The normalized spacial score (nSPS) is 15.8. The molecule has 0 aliphatic carbocycles. The topological polar surface area (TPSA) is 66.4 Å². The molecule has 0 spiro atoms. The number of amides is 1. The number of carbonyl (C=O) groups is 2. The number of carboxylic acid groups (broad SMARTS) is 1. The van der Waals surface area contributed by atoms with Crippen molar-refractivity contribution in [3.63, 3.8) is 0 Å². The molecule has 82 valence electrons. The van der Waals surface area contributed by atoms with Gasteiger partial charge in [0.25, 0.3) is 0 Å². The highest BCUT2D eigenvalue weighted by atomic mass is 16.4. The van der Waals surface area contributed by atoms with E-state index in [0.717, 1.165) is 0 Å². The van der Waals surface area contributed by atoms with E-state index in [-0.39, 0.29) is 5.91 Å². The lowest BCUT2D eigenvalue weighted by Gasteiger charge is -2.28. The van der Waals surface area contributed by atoms with Crippen molar-refractivity contribution in [1.29, 1.82) is 0 Å². The van der Waals surface area contributed by atoms with Crippen LogP contribution >= 0.6 is 0 Å². The van der Waals surface area contributed by atoms with Gasteiger partial charge in [0, 0.05) is 5.41 Å². The van der Waals surface area contributed by atoms with Crippen LogP contribution in [0.1, 0.15) is 41.0 Å². The molecule has 0 aliphatic rings. The molecule has 0 rings (SSSR count). The fourth-order valence-corrected chi connectivity index (χ4v) is 0.731. The van der Waals surface area contributed by atoms with Gasteiger partial charge in [-0.15, -0.1) is 0 Å². The molecule has 0 fully saturated rings. The SMILES string of the molecule is CCC(C)(NC(=O)C(C)(C)C)C(=O)O. The second-order valence-electron chi connectivity index (χ2n) is 4.69. The van der Waals surface area contributed by atoms with Gasteiger partial charge >= 0.3 is 5.97 Å². The summed E-state index contributed by atoms with van der Waals surface area (Å²) in [5, 5.41) is 11.5. The maximum atomic E-state index is 11.6. The first kappa shape index (κ1) is 12.9. The number of carboxylic acids is 1. The highest BCUT2D eigenvalue weighted by Gasteiger charge is 2.35. The van der Waals surface area contributed by atoms with Crippen molar-refractivity contribution in [2.24, 2.45) is 5.41 Å². The number of aliphatic carboxylic acids is 1. The summed E-state index contributed by atoms with van der Waals surface area (Å²) < 4.78 is 0. The average Bonchev–Trinajstić information content (AvgIpc) is 2.02. The Balaban J connectivity index is 4.65. The van der Waals surface area contributed by atoms with Crippen LogP contribution in [0, 0.1) is 5.41 Å². The van der Waals surface area contributed by atoms with E-state index in [1.165, 1.54) is 6.92 Å². The Hall–Kier alpha value is -1.06. The van der Waals surface area contributed by atoms with Gasteiger partial charge in [0.2, 0.25) is 5.91 Å². The van der Waals surface area contributed by atoms with E-state index in [4.69, 9.17) is 5.11 Å². The molecule has 1 amide bonds. The van der Waals surface area contributed by atoms with Crippen molar-refractivity contribution in [3.8, 4) is 0 Å². The minimum atomic E-state index is -1.16. The molecule has 0 saturated carbocycles. The fraction of sp³-hybridized carbons (Fsp3) is 0.800. The lowest BCUT2D eigenvalue weighted by molar-refractivity contribution is -0.148. The third-order valence-electron chi connectivity index (χ3n) is 2.25. The molecule has 14 heavy (non-hydrogen) atoms. The standard InChI is InChI=1S/C10H19NO3/c1-6-10(5,8(13)14)11-7(12)9(2,3)4/h6H2,1-5H3,(H,11,12)(H,13,14). The van der Waals surface area contributed by atoms with Crippen LogP contribution in [0.4, 0.5) is 0 Å². The molecule has 0 saturated heterocycles. The maximum Gasteiger partial charge on any atom is 0.329 e. The Morgan fingerprint density at radius 1 is 1.21 bits per heavy atom. The molecule has 1 atom stereocenters. The molecule has 0 bridgehead atoms. The lowest BCUT2D eigenvalue weighted by atomic mass is 9.91. The third kappa shape index (κ3) is 3.01. The summed E-state index contributed by atoms with van der Waals surface area (Å²) >= 11 is 0. The summed E-state index contributed by atoms with van der Waals surface area (Å²) in [7, 11) is 0. The first-order chi connectivity index (χ1) is 6.13. The van der Waals surface area contributed by atoms with Gasteiger partial charge < -0.3 is 10.4 Å². The molecule has 4 nitrogen and oxygen atoms in total. The predicted octanol–water partition coefficient (Wildman–Crippen LogP) is 1.40. The maximum absolute atomic E-state index is 11.6. The van der Waals surface area contributed by atoms with Crippen LogP contribution in [0.25, 0.3) is 0 Å². The van der Waals surface area contributed by atoms with E-state index in [1.807, 2.05) is 0 Å². The zero-order valence-electron chi connectivity index (χ0n) is 9.47. The molecular weight excluding hydrogens is 182 g/mol. The van der Waals surface area contributed by atoms with Crippen LogP contribution in [-0.4, -0.2) is 22.5 Å². The first-order valence-electron chi connectivity index (χ1n) is 4.69. The lowest BCUT2D eigenvalue weighted by Crippen LogP contribution is -2.54. The quantitative estimate of drug-likeness (QED) is 0.725. The number of carbonyl (C=O) groups excluding carboxylic acids is 1. The van der Waals surface area contributed by atoms with Crippen LogP contribution in [0.5, 0.6) is 0 Å². The highest BCUT2D eigenvalue weighted by Crippen LogP contribution is 2.17. The Labute approximate surface area is 84.7 Å². The summed E-state index contributed by atoms with van der Waals surface area (Å²) in [4.78, 5) is 22.5. The second kappa shape index (κ2) is 3.98. The smallest absolute Gasteiger partial charge is 0.329 e. The molecule has 0 aliphatic heterocycles. The Morgan fingerprint density at radius 2 is 1.64 bits per heavy atom. The van der Waals surface area contributed by atoms with Crippen molar-refractivity contribution in [2.45, 2.75) is 46.6 Å². The zero-order valence-corrected chi connectivity index (χ0v) is 9.47. The van der Waals surface area contributed by atoms with Gasteiger partial charge in [-0.2, -0.15) is 0 Å². The van der Waals surface area contributed by atoms with Gasteiger partial charge in [-0.05, 0) is 13.3 Å². The predicted molar refractivity (Wildman–Crippen MR) is 53.9 cm³/mol. The van der Waals surface area contributed by atoms with Crippen molar-refractivity contribution in [3.05, 3.63) is 0 Å². The molecule has 0 aromatic rings. The van der Waals surface area contributed by atoms with Gasteiger partial charge in [0.1, 0.15) is 5.54 Å². The van der Waals surface area contributed by atoms with Crippen LogP contribution < -0.4 is 5.32 Å². The van der Waals surface area contributed by atoms with Gasteiger partial charge in [-0.3, -0.25) is 4.79 Å². The minimum Gasteiger partial charge on any atom is -0.480 e. The molecule has 1 unspecified atom stereocenters. The van der Waals surface area contributed by atoms with E-state index in [0.29, 0.717) is 6.42 Å². The third-order valence-corrected chi connectivity index (χ3v) is 2.25. The first-order valence-corrected chi connectivity index (χ1v) is 4.69. The van der Waals surface area contributed by atoms with E-state index < -0.39 is 16.9 Å². The highest BCUT2D eigenvalue weighted by molar-refractivity contribution is 5.89. The summed E-state index contributed by atoms with van der Waals surface area (Å²) in [6, 6.07) is 0. The summed E-state index contributed by atoms with van der Waals surface area (Å²) in [5.74, 6) is -1.25. The van der Waals surface area contributed by atoms with Crippen LogP contribution in [0.3, 0.4) is 0 Å². The number of rotatable bonds is 3. The van der Waals surface area contributed by atoms with E-state index in [1.54, 1.807) is 27.7 Å². The van der Waals surface area contributed by atoms with Crippen molar-refractivity contribution >= 4 is 11.9 Å². The van der Waals surface area contributed by atoms with Crippen molar-refractivity contribution in [2.75, 3.05) is 0 Å². The Bertz CT molecular complexity index is 242. The number of hydrogen-bond donors (Lipinski definition) is 2. The molecule has 4 heteroatoms. The largest absolute Gasteiger partial charge is 0.480 e.